The zero-order valence-electron chi connectivity index (χ0n) is 14.8. The second-order valence-corrected chi connectivity index (χ2v) is 6.98. The first-order chi connectivity index (χ1) is 13.2. The number of hydrogen-bond donors (Lipinski definition) is 1. The SMILES string of the molecule is Cc1ccc(NC(=O)CCSc2nc(-c3ccccc3)ccc2C#N)nc1. The van der Waals surface area contributed by atoms with Crippen LogP contribution < -0.4 is 5.32 Å². The summed E-state index contributed by atoms with van der Waals surface area (Å²) in [6.07, 6.45) is 2.02. The Bertz CT molecular complexity index is 966. The highest BCUT2D eigenvalue weighted by Crippen LogP contribution is 2.25. The second kappa shape index (κ2) is 8.97. The van der Waals surface area contributed by atoms with Crippen LogP contribution in [0.5, 0.6) is 0 Å². The van der Waals surface area contributed by atoms with E-state index < -0.39 is 0 Å². The first kappa shape index (κ1) is 18.6. The molecule has 1 aromatic carbocycles. The van der Waals surface area contributed by atoms with Gasteiger partial charge >= 0.3 is 0 Å². The average molecular weight is 374 g/mol. The van der Waals surface area contributed by atoms with Crippen molar-refractivity contribution in [3.8, 4) is 17.3 Å². The van der Waals surface area contributed by atoms with E-state index in [-0.39, 0.29) is 5.91 Å². The van der Waals surface area contributed by atoms with Crippen LogP contribution in [0.3, 0.4) is 0 Å². The van der Waals surface area contributed by atoms with Crippen LogP contribution in [0.25, 0.3) is 11.3 Å². The lowest BCUT2D eigenvalue weighted by Crippen LogP contribution is -2.13. The highest BCUT2D eigenvalue weighted by Gasteiger charge is 2.10. The molecule has 0 radical (unpaired) electrons. The zero-order valence-corrected chi connectivity index (χ0v) is 15.7. The predicted octanol–water partition coefficient (Wildman–Crippen LogP) is 4.44. The molecule has 0 spiro atoms. The van der Waals surface area contributed by atoms with Crippen LogP contribution in [0.1, 0.15) is 17.5 Å². The summed E-state index contributed by atoms with van der Waals surface area (Å²) in [5, 5.41) is 12.7. The largest absolute Gasteiger partial charge is 0.311 e. The first-order valence-corrected chi connectivity index (χ1v) is 9.46. The van der Waals surface area contributed by atoms with Gasteiger partial charge in [0.15, 0.2) is 0 Å². The summed E-state index contributed by atoms with van der Waals surface area (Å²) in [5.74, 6) is 0.950. The molecule has 0 aliphatic carbocycles. The molecule has 1 amide bonds. The van der Waals surface area contributed by atoms with Crippen LogP contribution in [0.4, 0.5) is 5.82 Å². The number of thioether (sulfide) groups is 1. The number of nitriles is 1. The Morgan fingerprint density at radius 1 is 1.15 bits per heavy atom. The molecule has 0 saturated heterocycles. The van der Waals surface area contributed by atoms with E-state index in [1.807, 2.05) is 49.4 Å². The van der Waals surface area contributed by atoms with Crippen LogP contribution in [-0.4, -0.2) is 21.6 Å². The first-order valence-electron chi connectivity index (χ1n) is 8.47. The fourth-order valence-electron chi connectivity index (χ4n) is 2.39. The maximum atomic E-state index is 12.1. The minimum absolute atomic E-state index is 0.114. The molecule has 0 aliphatic rings. The lowest BCUT2D eigenvalue weighted by molar-refractivity contribution is -0.115. The minimum atomic E-state index is -0.114. The van der Waals surface area contributed by atoms with Crippen molar-refractivity contribution >= 4 is 23.5 Å². The molecule has 2 heterocycles. The van der Waals surface area contributed by atoms with Gasteiger partial charge in [-0.3, -0.25) is 4.79 Å². The summed E-state index contributed by atoms with van der Waals surface area (Å²) in [6, 6.07) is 19.3. The van der Waals surface area contributed by atoms with Crippen LogP contribution in [0.2, 0.25) is 0 Å². The van der Waals surface area contributed by atoms with Crippen molar-refractivity contribution < 1.29 is 4.79 Å². The van der Waals surface area contributed by atoms with E-state index in [9.17, 15) is 10.1 Å². The lowest BCUT2D eigenvalue weighted by Gasteiger charge is -2.07. The smallest absolute Gasteiger partial charge is 0.226 e. The van der Waals surface area contributed by atoms with Crippen LogP contribution in [-0.2, 0) is 4.79 Å². The van der Waals surface area contributed by atoms with Crippen molar-refractivity contribution in [2.75, 3.05) is 11.1 Å². The minimum Gasteiger partial charge on any atom is -0.311 e. The number of carbonyl (C=O) groups is 1. The van der Waals surface area contributed by atoms with E-state index in [1.54, 1.807) is 18.3 Å². The lowest BCUT2D eigenvalue weighted by atomic mass is 10.1. The van der Waals surface area contributed by atoms with Gasteiger partial charge in [0.2, 0.25) is 5.91 Å². The maximum Gasteiger partial charge on any atom is 0.226 e. The Balaban J connectivity index is 1.62. The van der Waals surface area contributed by atoms with Gasteiger partial charge in [-0.1, -0.05) is 36.4 Å². The Kier molecular flexibility index (Phi) is 6.18. The summed E-state index contributed by atoms with van der Waals surface area (Å²) in [4.78, 5) is 20.8. The van der Waals surface area contributed by atoms with Gasteiger partial charge < -0.3 is 5.32 Å². The molecular weight excluding hydrogens is 356 g/mol. The van der Waals surface area contributed by atoms with Crippen molar-refractivity contribution in [3.63, 3.8) is 0 Å². The third-order valence-electron chi connectivity index (χ3n) is 3.80. The van der Waals surface area contributed by atoms with Gasteiger partial charge in [0.1, 0.15) is 16.9 Å². The molecule has 27 heavy (non-hydrogen) atoms. The number of rotatable bonds is 6. The topological polar surface area (TPSA) is 78.7 Å². The third kappa shape index (κ3) is 5.16. The molecule has 6 heteroatoms. The summed E-state index contributed by atoms with van der Waals surface area (Å²) in [7, 11) is 0. The number of nitrogens with one attached hydrogen (secondary N) is 1. The number of anilines is 1. The molecule has 0 aliphatic heterocycles. The van der Waals surface area contributed by atoms with E-state index in [0.717, 1.165) is 16.8 Å². The average Bonchev–Trinajstić information content (AvgIpc) is 2.70. The molecule has 0 unspecified atom stereocenters. The van der Waals surface area contributed by atoms with Crippen LogP contribution in [0, 0.1) is 18.3 Å². The molecule has 0 fully saturated rings. The molecular formula is C21H18N4OS. The number of carbonyl (C=O) groups excluding carboxylic acids is 1. The van der Waals surface area contributed by atoms with Crippen molar-refractivity contribution in [1.29, 1.82) is 5.26 Å². The number of amides is 1. The highest BCUT2D eigenvalue weighted by atomic mass is 32.2. The Morgan fingerprint density at radius 2 is 1.96 bits per heavy atom. The number of aromatic nitrogens is 2. The van der Waals surface area contributed by atoms with E-state index in [4.69, 9.17) is 0 Å². The molecule has 0 bridgehead atoms. The van der Waals surface area contributed by atoms with Crippen molar-refractivity contribution in [1.82, 2.24) is 9.97 Å². The van der Waals surface area contributed by atoms with Crippen LogP contribution in [0.15, 0.2) is 65.8 Å². The number of nitrogens with zero attached hydrogens (tertiary/aromatic N) is 3. The predicted molar refractivity (Wildman–Crippen MR) is 107 cm³/mol. The fraction of sp³-hybridized carbons (Fsp3) is 0.143. The molecule has 1 N–H and O–H groups in total. The van der Waals surface area contributed by atoms with Crippen molar-refractivity contribution in [2.24, 2.45) is 0 Å². The van der Waals surface area contributed by atoms with Crippen molar-refractivity contribution in [2.45, 2.75) is 18.4 Å². The normalized spacial score (nSPS) is 10.2. The maximum absolute atomic E-state index is 12.1. The Labute approximate surface area is 162 Å². The molecule has 0 saturated carbocycles. The number of aryl methyl sites for hydroxylation is 1. The quantitative estimate of drug-likeness (QED) is 0.645. The monoisotopic (exact) mass is 374 g/mol. The van der Waals surface area contributed by atoms with Crippen molar-refractivity contribution in [3.05, 3.63) is 71.9 Å². The molecule has 2 aromatic heterocycles. The van der Waals surface area contributed by atoms with Gasteiger partial charge in [-0.2, -0.15) is 5.26 Å². The number of hydrogen-bond acceptors (Lipinski definition) is 5. The standard InChI is InChI=1S/C21H18N4OS/c1-15-7-10-19(23-14-15)25-20(26)11-12-27-21-17(13-22)8-9-18(24-21)16-5-3-2-4-6-16/h2-10,14H,11-12H2,1H3,(H,23,25,26). The Morgan fingerprint density at radius 3 is 2.67 bits per heavy atom. The summed E-state index contributed by atoms with van der Waals surface area (Å²) in [6.45, 7) is 1.94. The summed E-state index contributed by atoms with van der Waals surface area (Å²) < 4.78 is 0. The number of benzene rings is 1. The highest BCUT2D eigenvalue weighted by molar-refractivity contribution is 7.99. The van der Waals surface area contributed by atoms with E-state index in [1.165, 1.54) is 11.8 Å². The fourth-order valence-corrected chi connectivity index (χ4v) is 3.31. The zero-order chi connectivity index (χ0) is 19.1. The molecule has 5 nitrogen and oxygen atoms in total. The van der Waals surface area contributed by atoms with Gasteiger partial charge in [-0.05, 0) is 30.7 Å². The van der Waals surface area contributed by atoms with E-state index >= 15 is 0 Å². The van der Waals surface area contributed by atoms with Gasteiger partial charge in [0.25, 0.3) is 0 Å². The van der Waals surface area contributed by atoms with E-state index in [2.05, 4.69) is 21.4 Å². The molecule has 134 valence electrons. The Hall–Kier alpha value is -3.17. The van der Waals surface area contributed by atoms with Gasteiger partial charge in [0.05, 0.1) is 11.3 Å². The van der Waals surface area contributed by atoms with Crippen LogP contribution >= 0.6 is 11.8 Å². The molecule has 3 aromatic rings. The number of pyridine rings is 2. The molecule has 3 rings (SSSR count). The summed E-state index contributed by atoms with van der Waals surface area (Å²) >= 11 is 1.41. The third-order valence-corrected chi connectivity index (χ3v) is 4.79. The second-order valence-electron chi connectivity index (χ2n) is 5.89. The summed E-state index contributed by atoms with van der Waals surface area (Å²) in [5.41, 5.74) is 3.36. The van der Waals surface area contributed by atoms with Gasteiger partial charge in [-0.25, -0.2) is 9.97 Å². The van der Waals surface area contributed by atoms with Gasteiger partial charge in [0, 0.05) is 23.9 Å². The molecule has 0 atom stereocenters. The van der Waals surface area contributed by atoms with Gasteiger partial charge in [-0.15, -0.1) is 11.8 Å². The van der Waals surface area contributed by atoms with E-state index in [0.29, 0.717) is 28.6 Å².